The Morgan fingerprint density at radius 1 is 1.00 bits per heavy atom. The van der Waals surface area contributed by atoms with Crippen LogP contribution in [0.15, 0.2) is 48.5 Å². The summed E-state index contributed by atoms with van der Waals surface area (Å²) in [7, 11) is 2.77. The lowest BCUT2D eigenvalue weighted by molar-refractivity contribution is -0.123. The summed E-state index contributed by atoms with van der Waals surface area (Å²) < 4.78 is 15.3. The van der Waals surface area contributed by atoms with E-state index < -0.39 is 5.97 Å². The third kappa shape index (κ3) is 5.81. The highest BCUT2D eigenvalue weighted by Crippen LogP contribution is 2.28. The molecule has 6 heteroatoms. The molecular weight excluding hydrogens is 334 g/mol. The van der Waals surface area contributed by atoms with Crippen LogP contribution in [0, 0.1) is 0 Å². The second-order valence-corrected chi connectivity index (χ2v) is 5.59. The smallest absolute Gasteiger partial charge is 0.337 e. The van der Waals surface area contributed by atoms with Crippen LogP contribution in [-0.2, 0) is 16.0 Å². The van der Waals surface area contributed by atoms with E-state index in [0.29, 0.717) is 23.6 Å². The molecule has 2 aromatic carbocycles. The predicted molar refractivity (Wildman–Crippen MR) is 97.6 cm³/mol. The maximum absolute atomic E-state index is 11.9. The summed E-state index contributed by atoms with van der Waals surface area (Å²) in [5, 5.41) is 2.82. The average Bonchev–Trinajstić information content (AvgIpc) is 2.69. The van der Waals surface area contributed by atoms with Crippen molar-refractivity contribution in [3.05, 3.63) is 59.7 Å². The zero-order valence-electron chi connectivity index (χ0n) is 15.0. The monoisotopic (exact) mass is 357 g/mol. The Hall–Kier alpha value is -3.02. The summed E-state index contributed by atoms with van der Waals surface area (Å²) in [5.41, 5.74) is 1.59. The quantitative estimate of drug-likeness (QED) is 0.552. The first-order valence-electron chi connectivity index (χ1n) is 8.34. The van der Waals surface area contributed by atoms with E-state index in [4.69, 9.17) is 9.47 Å². The van der Waals surface area contributed by atoms with Crippen molar-refractivity contribution >= 4 is 11.9 Å². The number of nitrogens with one attached hydrogen (secondary N) is 1. The number of carbonyl (C=O) groups excluding carboxylic acids is 2. The van der Waals surface area contributed by atoms with E-state index in [1.54, 1.807) is 12.1 Å². The maximum Gasteiger partial charge on any atom is 0.337 e. The van der Waals surface area contributed by atoms with Gasteiger partial charge in [-0.25, -0.2) is 4.79 Å². The first-order valence-corrected chi connectivity index (χ1v) is 8.34. The molecule has 0 saturated heterocycles. The summed E-state index contributed by atoms with van der Waals surface area (Å²) in [4.78, 5) is 23.4. The summed E-state index contributed by atoms with van der Waals surface area (Å²) >= 11 is 0. The van der Waals surface area contributed by atoms with Gasteiger partial charge < -0.3 is 19.5 Å². The zero-order valence-corrected chi connectivity index (χ0v) is 15.0. The minimum atomic E-state index is -0.467. The number of amides is 1. The fraction of sp³-hybridized carbons (Fsp3) is 0.300. The molecule has 2 aromatic rings. The standard InChI is InChI=1S/C20H23NO5/c1-24-18-13-16(20(23)25-2)10-11-17(18)26-14-19(22)21-12-6-9-15-7-4-3-5-8-15/h3-5,7-8,10-11,13H,6,9,12,14H2,1-2H3,(H,21,22). The van der Waals surface area contributed by atoms with Crippen molar-refractivity contribution in [3.8, 4) is 11.5 Å². The highest BCUT2D eigenvalue weighted by atomic mass is 16.5. The molecule has 6 nitrogen and oxygen atoms in total. The number of carbonyl (C=O) groups is 2. The molecule has 1 N–H and O–H groups in total. The number of ether oxygens (including phenoxy) is 3. The number of esters is 1. The van der Waals surface area contributed by atoms with Crippen LogP contribution in [0.25, 0.3) is 0 Å². The van der Waals surface area contributed by atoms with Gasteiger partial charge in [0.15, 0.2) is 18.1 Å². The van der Waals surface area contributed by atoms with E-state index in [-0.39, 0.29) is 12.5 Å². The lowest BCUT2D eigenvalue weighted by atomic mass is 10.1. The van der Waals surface area contributed by atoms with E-state index >= 15 is 0 Å². The van der Waals surface area contributed by atoms with Gasteiger partial charge in [0.2, 0.25) is 0 Å². The van der Waals surface area contributed by atoms with Crippen molar-refractivity contribution in [3.63, 3.8) is 0 Å². The Balaban J connectivity index is 1.77. The average molecular weight is 357 g/mol. The third-order valence-corrected chi connectivity index (χ3v) is 3.75. The summed E-state index contributed by atoms with van der Waals surface area (Å²) in [6.07, 6.45) is 1.76. The first kappa shape index (κ1) is 19.3. The number of aryl methyl sites for hydroxylation is 1. The molecular formula is C20H23NO5. The van der Waals surface area contributed by atoms with Crippen LogP contribution in [0.5, 0.6) is 11.5 Å². The minimum absolute atomic E-state index is 0.126. The second-order valence-electron chi connectivity index (χ2n) is 5.59. The number of methoxy groups -OCH3 is 2. The summed E-state index contributed by atoms with van der Waals surface area (Å²) in [6, 6.07) is 14.8. The van der Waals surface area contributed by atoms with Crippen LogP contribution < -0.4 is 14.8 Å². The molecule has 1 amide bonds. The largest absolute Gasteiger partial charge is 0.493 e. The molecule has 0 aliphatic heterocycles. The summed E-state index contributed by atoms with van der Waals surface area (Å²) in [5.74, 6) is 0.0764. The predicted octanol–water partition coefficient (Wildman–Crippen LogP) is 2.61. The SMILES string of the molecule is COC(=O)c1ccc(OCC(=O)NCCCc2ccccc2)c(OC)c1. The molecule has 0 aliphatic carbocycles. The van der Waals surface area contributed by atoms with E-state index in [1.165, 1.54) is 25.8 Å². The van der Waals surface area contributed by atoms with E-state index in [1.807, 2.05) is 18.2 Å². The maximum atomic E-state index is 11.9. The molecule has 0 heterocycles. The molecule has 0 fully saturated rings. The lowest BCUT2D eigenvalue weighted by Crippen LogP contribution is -2.30. The van der Waals surface area contributed by atoms with Crippen molar-refractivity contribution in [2.75, 3.05) is 27.4 Å². The minimum Gasteiger partial charge on any atom is -0.493 e. The van der Waals surface area contributed by atoms with Gasteiger partial charge in [-0.15, -0.1) is 0 Å². The third-order valence-electron chi connectivity index (χ3n) is 3.75. The van der Waals surface area contributed by atoms with Gasteiger partial charge in [-0.05, 0) is 36.6 Å². The Morgan fingerprint density at radius 3 is 2.46 bits per heavy atom. The van der Waals surface area contributed by atoms with Crippen molar-refractivity contribution < 1.29 is 23.8 Å². The number of benzene rings is 2. The zero-order chi connectivity index (χ0) is 18.8. The summed E-state index contributed by atoms with van der Waals surface area (Å²) in [6.45, 7) is 0.453. The topological polar surface area (TPSA) is 73.9 Å². The van der Waals surface area contributed by atoms with E-state index in [2.05, 4.69) is 22.2 Å². The van der Waals surface area contributed by atoms with E-state index in [0.717, 1.165) is 12.8 Å². The number of rotatable bonds is 9. The van der Waals surface area contributed by atoms with Crippen LogP contribution in [-0.4, -0.2) is 39.2 Å². The van der Waals surface area contributed by atoms with Crippen LogP contribution >= 0.6 is 0 Å². The van der Waals surface area contributed by atoms with Crippen molar-refractivity contribution in [1.82, 2.24) is 5.32 Å². The molecule has 0 spiro atoms. The van der Waals surface area contributed by atoms with Gasteiger partial charge in [0, 0.05) is 6.54 Å². The molecule has 0 bridgehead atoms. The van der Waals surface area contributed by atoms with Crippen molar-refractivity contribution in [1.29, 1.82) is 0 Å². The van der Waals surface area contributed by atoms with Crippen LogP contribution in [0.2, 0.25) is 0 Å². The van der Waals surface area contributed by atoms with Gasteiger partial charge in [0.1, 0.15) is 0 Å². The van der Waals surface area contributed by atoms with Crippen molar-refractivity contribution in [2.24, 2.45) is 0 Å². The second kappa shape index (κ2) is 10.1. The number of hydrogen-bond donors (Lipinski definition) is 1. The fourth-order valence-electron chi connectivity index (χ4n) is 2.39. The van der Waals surface area contributed by atoms with Crippen LogP contribution in [0.3, 0.4) is 0 Å². The Labute approximate surface area is 153 Å². The van der Waals surface area contributed by atoms with Gasteiger partial charge in [0.25, 0.3) is 5.91 Å². The van der Waals surface area contributed by atoms with Gasteiger partial charge in [0.05, 0.1) is 19.8 Å². The van der Waals surface area contributed by atoms with Gasteiger partial charge >= 0.3 is 5.97 Å². The molecule has 0 unspecified atom stereocenters. The molecule has 138 valence electrons. The normalized spacial score (nSPS) is 10.1. The van der Waals surface area contributed by atoms with Gasteiger partial charge in [-0.1, -0.05) is 30.3 Å². The van der Waals surface area contributed by atoms with Gasteiger partial charge in [-0.2, -0.15) is 0 Å². The highest BCUT2D eigenvalue weighted by Gasteiger charge is 2.12. The Morgan fingerprint density at radius 2 is 1.77 bits per heavy atom. The van der Waals surface area contributed by atoms with Crippen LogP contribution in [0.1, 0.15) is 22.3 Å². The Bertz CT molecular complexity index is 730. The molecule has 0 atom stereocenters. The molecule has 0 saturated carbocycles. The van der Waals surface area contributed by atoms with Gasteiger partial charge in [-0.3, -0.25) is 4.79 Å². The highest BCUT2D eigenvalue weighted by molar-refractivity contribution is 5.90. The Kier molecular flexibility index (Phi) is 7.49. The van der Waals surface area contributed by atoms with Crippen LogP contribution in [0.4, 0.5) is 0 Å². The molecule has 2 rings (SSSR count). The lowest BCUT2D eigenvalue weighted by Gasteiger charge is -2.12. The molecule has 0 radical (unpaired) electrons. The van der Waals surface area contributed by atoms with E-state index in [9.17, 15) is 9.59 Å². The first-order chi connectivity index (χ1) is 12.6. The molecule has 26 heavy (non-hydrogen) atoms. The molecule has 0 aliphatic rings. The number of hydrogen-bond acceptors (Lipinski definition) is 5. The fourth-order valence-corrected chi connectivity index (χ4v) is 2.39. The van der Waals surface area contributed by atoms with Crippen molar-refractivity contribution in [2.45, 2.75) is 12.8 Å². The molecule has 0 aromatic heterocycles.